The van der Waals surface area contributed by atoms with Crippen LogP contribution in [-0.2, 0) is 17.8 Å². The second kappa shape index (κ2) is 9.26. The molecule has 3 aromatic rings. The van der Waals surface area contributed by atoms with Gasteiger partial charge in [-0.05, 0) is 45.4 Å². The van der Waals surface area contributed by atoms with Crippen LogP contribution in [0.25, 0.3) is 20.4 Å². The third-order valence-corrected chi connectivity index (χ3v) is 7.50. The normalized spacial score (nSPS) is 17.5. The molecule has 0 bridgehead atoms. The van der Waals surface area contributed by atoms with Crippen LogP contribution in [0.3, 0.4) is 0 Å². The first kappa shape index (κ1) is 24.6. The van der Waals surface area contributed by atoms with Crippen LogP contribution in [0.5, 0.6) is 0 Å². The number of thioether (sulfide) groups is 1. The van der Waals surface area contributed by atoms with Crippen molar-refractivity contribution in [3.63, 3.8) is 0 Å². The highest BCUT2D eigenvalue weighted by atomic mass is 32.2. The minimum Gasteiger partial charge on any atom is -0.392 e. The molecule has 2 unspecified atom stereocenters. The standard InChI is InChI=1S/C24H34N4O3S2/c1-12(2)18-16-11-31-24(5,6)8-15(16)17-19-20(33-22(17)25-18)21(27-23(26-19)32-7)28(9-13(3)29)10-14(4)30/h12-14,29-30H,8-11H2,1-7H3. The van der Waals surface area contributed by atoms with E-state index in [1.807, 2.05) is 11.2 Å². The largest absolute Gasteiger partial charge is 0.392 e. The molecule has 4 heterocycles. The van der Waals surface area contributed by atoms with E-state index in [-0.39, 0.29) is 11.5 Å². The number of hydrogen-bond donors (Lipinski definition) is 2. The van der Waals surface area contributed by atoms with E-state index in [0.29, 0.717) is 24.9 Å². The predicted octanol–water partition coefficient (Wildman–Crippen LogP) is 4.50. The smallest absolute Gasteiger partial charge is 0.189 e. The molecule has 0 saturated heterocycles. The van der Waals surface area contributed by atoms with Gasteiger partial charge in [0.1, 0.15) is 4.83 Å². The van der Waals surface area contributed by atoms with Crippen molar-refractivity contribution in [2.75, 3.05) is 24.2 Å². The van der Waals surface area contributed by atoms with Gasteiger partial charge < -0.3 is 19.8 Å². The minimum absolute atomic E-state index is 0.257. The third kappa shape index (κ3) is 4.84. The lowest BCUT2D eigenvalue weighted by molar-refractivity contribution is -0.0402. The van der Waals surface area contributed by atoms with Gasteiger partial charge in [-0.2, -0.15) is 0 Å². The van der Waals surface area contributed by atoms with E-state index >= 15 is 0 Å². The second-order valence-corrected chi connectivity index (χ2v) is 11.7. The van der Waals surface area contributed by atoms with Crippen LogP contribution < -0.4 is 4.90 Å². The van der Waals surface area contributed by atoms with Gasteiger partial charge in [0.15, 0.2) is 11.0 Å². The summed E-state index contributed by atoms with van der Waals surface area (Å²) >= 11 is 3.10. The Bertz CT molecular complexity index is 1160. The lowest BCUT2D eigenvalue weighted by Gasteiger charge is -2.33. The van der Waals surface area contributed by atoms with Gasteiger partial charge in [0.25, 0.3) is 0 Å². The maximum Gasteiger partial charge on any atom is 0.189 e. The van der Waals surface area contributed by atoms with Gasteiger partial charge in [-0.15, -0.1) is 11.3 Å². The fourth-order valence-electron chi connectivity index (χ4n) is 4.53. The molecule has 1 aliphatic heterocycles. The third-order valence-electron chi connectivity index (χ3n) is 5.88. The Kier molecular flexibility index (Phi) is 6.90. The number of anilines is 1. The number of ether oxygens (including phenoxy) is 1. The molecular formula is C24H34N4O3S2. The van der Waals surface area contributed by atoms with Crippen LogP contribution in [-0.4, -0.2) is 62.3 Å². The van der Waals surface area contributed by atoms with Crippen LogP contribution in [0.4, 0.5) is 5.82 Å². The molecule has 0 aromatic carbocycles. The summed E-state index contributed by atoms with van der Waals surface area (Å²) in [7, 11) is 0. The number of fused-ring (bicyclic) bond motifs is 5. The molecule has 0 radical (unpaired) electrons. The zero-order chi connectivity index (χ0) is 24.1. The Morgan fingerprint density at radius 3 is 2.30 bits per heavy atom. The van der Waals surface area contributed by atoms with Gasteiger partial charge >= 0.3 is 0 Å². The first-order chi connectivity index (χ1) is 15.5. The van der Waals surface area contributed by atoms with E-state index in [1.54, 1.807) is 25.2 Å². The molecule has 4 rings (SSSR count). The molecule has 9 heteroatoms. The summed E-state index contributed by atoms with van der Waals surface area (Å²) in [5.41, 5.74) is 4.20. The number of aromatic nitrogens is 3. The average Bonchev–Trinajstić information content (AvgIpc) is 3.09. The second-order valence-electron chi connectivity index (χ2n) is 9.93. The summed E-state index contributed by atoms with van der Waals surface area (Å²) in [6.07, 6.45) is 1.65. The summed E-state index contributed by atoms with van der Waals surface area (Å²) in [5, 5.41) is 22.1. The Hall–Kier alpha value is -1.52. The van der Waals surface area contributed by atoms with Gasteiger partial charge in [-0.1, -0.05) is 25.6 Å². The van der Waals surface area contributed by atoms with Crippen molar-refractivity contribution in [2.45, 2.75) is 83.5 Å². The van der Waals surface area contributed by atoms with Crippen molar-refractivity contribution in [2.24, 2.45) is 0 Å². The number of aliphatic hydroxyl groups excluding tert-OH is 2. The number of hydrogen-bond acceptors (Lipinski definition) is 9. The number of rotatable bonds is 7. The van der Waals surface area contributed by atoms with E-state index in [1.165, 1.54) is 22.9 Å². The van der Waals surface area contributed by atoms with Crippen LogP contribution in [0.15, 0.2) is 5.16 Å². The molecule has 3 aromatic heterocycles. The minimum atomic E-state index is -0.558. The topological polar surface area (TPSA) is 91.6 Å². The van der Waals surface area contributed by atoms with Crippen molar-refractivity contribution in [1.29, 1.82) is 0 Å². The monoisotopic (exact) mass is 490 g/mol. The molecule has 0 saturated carbocycles. The van der Waals surface area contributed by atoms with Crippen molar-refractivity contribution < 1.29 is 14.9 Å². The highest BCUT2D eigenvalue weighted by Crippen LogP contribution is 2.44. The predicted molar refractivity (Wildman–Crippen MR) is 137 cm³/mol. The van der Waals surface area contributed by atoms with Crippen LogP contribution >= 0.6 is 23.1 Å². The van der Waals surface area contributed by atoms with E-state index in [0.717, 1.165) is 38.4 Å². The van der Waals surface area contributed by atoms with Crippen LogP contribution in [0, 0.1) is 0 Å². The van der Waals surface area contributed by atoms with Crippen molar-refractivity contribution in [3.8, 4) is 0 Å². The SMILES string of the molecule is CSc1nc(N(CC(C)O)CC(C)O)c2sc3nc(C(C)C)c4c(c3c2n1)CC(C)(C)OC4. The number of thiophene rings is 1. The zero-order valence-electron chi connectivity index (χ0n) is 20.5. The molecule has 180 valence electrons. The summed E-state index contributed by atoms with van der Waals surface area (Å²) in [6, 6.07) is 0. The summed E-state index contributed by atoms with van der Waals surface area (Å²) in [4.78, 5) is 17.8. The fraction of sp³-hybridized carbons (Fsp3) is 0.625. The quantitative estimate of drug-likeness (QED) is 0.369. The van der Waals surface area contributed by atoms with Crippen molar-refractivity contribution >= 4 is 49.3 Å². The maximum absolute atomic E-state index is 10.2. The summed E-state index contributed by atoms with van der Waals surface area (Å²) < 4.78 is 7.13. The molecule has 1 aliphatic rings. The Morgan fingerprint density at radius 2 is 1.73 bits per heavy atom. The lowest BCUT2D eigenvalue weighted by Crippen LogP contribution is -2.37. The van der Waals surface area contributed by atoms with Gasteiger partial charge in [0.05, 0.1) is 40.3 Å². The van der Waals surface area contributed by atoms with E-state index in [9.17, 15) is 10.2 Å². The average molecular weight is 491 g/mol. The Labute approximate surface area is 203 Å². The molecule has 7 nitrogen and oxygen atoms in total. The van der Waals surface area contributed by atoms with Crippen LogP contribution in [0.1, 0.15) is 64.3 Å². The first-order valence-electron chi connectivity index (χ1n) is 11.5. The highest BCUT2D eigenvalue weighted by molar-refractivity contribution is 7.98. The zero-order valence-corrected chi connectivity index (χ0v) is 22.1. The molecule has 0 fully saturated rings. The van der Waals surface area contributed by atoms with Gasteiger partial charge in [0, 0.05) is 30.5 Å². The molecule has 0 spiro atoms. The molecule has 33 heavy (non-hydrogen) atoms. The molecule has 2 N–H and O–H groups in total. The van der Waals surface area contributed by atoms with Crippen molar-refractivity contribution in [1.82, 2.24) is 15.0 Å². The number of pyridine rings is 1. The molecule has 0 aliphatic carbocycles. The molecule has 0 amide bonds. The van der Waals surface area contributed by atoms with Gasteiger partial charge in [0.2, 0.25) is 0 Å². The summed E-state index contributed by atoms with van der Waals surface area (Å²) in [6.45, 7) is 13.4. The Balaban J connectivity index is 2.06. The Morgan fingerprint density at radius 1 is 1.06 bits per heavy atom. The van der Waals surface area contributed by atoms with E-state index in [2.05, 4.69) is 27.7 Å². The summed E-state index contributed by atoms with van der Waals surface area (Å²) in [5.74, 6) is 1.03. The van der Waals surface area contributed by atoms with Gasteiger partial charge in [-0.3, -0.25) is 0 Å². The van der Waals surface area contributed by atoms with E-state index < -0.39 is 12.2 Å². The highest BCUT2D eigenvalue weighted by Gasteiger charge is 2.33. The first-order valence-corrected chi connectivity index (χ1v) is 13.5. The fourth-order valence-corrected chi connectivity index (χ4v) is 6.06. The number of aliphatic hydroxyl groups is 2. The van der Waals surface area contributed by atoms with Crippen molar-refractivity contribution in [3.05, 3.63) is 16.8 Å². The molecule has 2 atom stereocenters. The lowest BCUT2D eigenvalue weighted by atomic mass is 9.87. The van der Waals surface area contributed by atoms with E-state index in [4.69, 9.17) is 19.7 Å². The maximum atomic E-state index is 10.2. The molecular weight excluding hydrogens is 456 g/mol. The van der Waals surface area contributed by atoms with Crippen LogP contribution in [0.2, 0.25) is 0 Å². The number of nitrogens with zero attached hydrogens (tertiary/aromatic N) is 4. The van der Waals surface area contributed by atoms with Gasteiger partial charge in [-0.25, -0.2) is 15.0 Å².